The zero-order chi connectivity index (χ0) is 15.4. The Morgan fingerprint density at radius 1 is 1.00 bits per heavy atom. The van der Waals surface area contributed by atoms with Gasteiger partial charge in [0.1, 0.15) is 0 Å². The molecule has 0 saturated carbocycles. The number of hydrogen-bond acceptors (Lipinski definition) is 3. The third-order valence-corrected chi connectivity index (χ3v) is 2.14. The first-order valence-corrected chi connectivity index (χ1v) is 5.41. The SMILES string of the molecule is NCCC(Oc1ccccc1OC(F)(F)F)C(F)(F)F. The molecule has 20 heavy (non-hydrogen) atoms. The second kappa shape index (κ2) is 6.21. The van der Waals surface area contributed by atoms with Crippen molar-refractivity contribution in [1.29, 1.82) is 0 Å². The van der Waals surface area contributed by atoms with E-state index in [0.29, 0.717) is 0 Å². The number of para-hydroxylation sites is 2. The third-order valence-electron chi connectivity index (χ3n) is 2.14. The zero-order valence-corrected chi connectivity index (χ0v) is 9.96. The van der Waals surface area contributed by atoms with Crippen molar-refractivity contribution >= 4 is 0 Å². The van der Waals surface area contributed by atoms with Crippen molar-refractivity contribution in [3.63, 3.8) is 0 Å². The molecule has 0 radical (unpaired) electrons. The molecule has 1 rings (SSSR count). The smallest absolute Gasteiger partial charge is 0.477 e. The number of hydrogen-bond donors (Lipinski definition) is 1. The van der Waals surface area contributed by atoms with Gasteiger partial charge in [-0.15, -0.1) is 13.2 Å². The average molecular weight is 303 g/mol. The van der Waals surface area contributed by atoms with Gasteiger partial charge in [-0.25, -0.2) is 0 Å². The van der Waals surface area contributed by atoms with Gasteiger partial charge in [0.25, 0.3) is 0 Å². The van der Waals surface area contributed by atoms with Crippen LogP contribution in [-0.2, 0) is 0 Å². The minimum Gasteiger partial charge on any atom is -0.477 e. The maximum atomic E-state index is 12.6. The Labute approximate surface area is 110 Å². The van der Waals surface area contributed by atoms with E-state index in [1.165, 1.54) is 12.1 Å². The largest absolute Gasteiger partial charge is 0.573 e. The number of benzene rings is 1. The van der Waals surface area contributed by atoms with Gasteiger partial charge in [-0.05, 0) is 18.7 Å². The van der Waals surface area contributed by atoms with E-state index in [0.717, 1.165) is 12.1 Å². The minimum atomic E-state index is -5.03. The topological polar surface area (TPSA) is 44.5 Å². The summed E-state index contributed by atoms with van der Waals surface area (Å²) in [4.78, 5) is 0. The van der Waals surface area contributed by atoms with E-state index < -0.39 is 36.6 Å². The van der Waals surface area contributed by atoms with Gasteiger partial charge in [0.2, 0.25) is 0 Å². The molecule has 1 unspecified atom stereocenters. The van der Waals surface area contributed by atoms with Crippen LogP contribution in [0.25, 0.3) is 0 Å². The molecule has 9 heteroatoms. The van der Waals surface area contributed by atoms with Crippen molar-refractivity contribution in [2.45, 2.75) is 25.1 Å². The number of alkyl halides is 6. The molecule has 1 aromatic carbocycles. The number of halogens is 6. The van der Waals surface area contributed by atoms with Crippen molar-refractivity contribution < 1.29 is 35.8 Å². The van der Waals surface area contributed by atoms with Crippen molar-refractivity contribution in [1.82, 2.24) is 0 Å². The highest BCUT2D eigenvalue weighted by Crippen LogP contribution is 2.35. The van der Waals surface area contributed by atoms with E-state index in [-0.39, 0.29) is 6.54 Å². The predicted octanol–water partition coefficient (Wildman–Crippen LogP) is 3.24. The number of nitrogens with two attached hydrogens (primary N) is 1. The molecule has 0 heterocycles. The summed E-state index contributed by atoms with van der Waals surface area (Å²) in [5.74, 6) is -1.49. The molecule has 1 aromatic rings. The quantitative estimate of drug-likeness (QED) is 0.849. The Bertz CT molecular complexity index is 432. The van der Waals surface area contributed by atoms with Gasteiger partial charge < -0.3 is 15.2 Å². The number of ether oxygens (including phenoxy) is 2. The minimum absolute atomic E-state index is 0.327. The summed E-state index contributed by atoms with van der Waals surface area (Å²) in [5.41, 5.74) is 5.03. The van der Waals surface area contributed by atoms with Crippen LogP contribution in [0.3, 0.4) is 0 Å². The highest BCUT2D eigenvalue weighted by molar-refractivity contribution is 5.39. The molecule has 0 aromatic heterocycles. The van der Waals surface area contributed by atoms with Crippen LogP contribution in [0.5, 0.6) is 11.5 Å². The van der Waals surface area contributed by atoms with Crippen LogP contribution in [0.4, 0.5) is 26.3 Å². The first-order valence-electron chi connectivity index (χ1n) is 5.41. The second-order valence-electron chi connectivity index (χ2n) is 3.72. The summed E-state index contributed by atoms with van der Waals surface area (Å²) in [6.45, 7) is -0.327. The molecule has 114 valence electrons. The van der Waals surface area contributed by atoms with Crippen LogP contribution in [0.15, 0.2) is 24.3 Å². The first-order chi connectivity index (χ1) is 9.13. The molecule has 0 saturated heterocycles. The zero-order valence-electron chi connectivity index (χ0n) is 9.96. The summed E-state index contributed by atoms with van der Waals surface area (Å²) in [6, 6.07) is 4.23. The van der Waals surface area contributed by atoms with Gasteiger partial charge in [-0.2, -0.15) is 13.2 Å². The van der Waals surface area contributed by atoms with Gasteiger partial charge in [-0.3, -0.25) is 0 Å². The normalized spacial score (nSPS) is 13.9. The van der Waals surface area contributed by atoms with E-state index in [2.05, 4.69) is 9.47 Å². The summed E-state index contributed by atoms with van der Waals surface area (Å²) < 4.78 is 82.4. The maximum Gasteiger partial charge on any atom is 0.573 e. The molecular formula is C11H11F6NO2. The summed E-state index contributed by atoms with van der Waals surface area (Å²) in [7, 11) is 0. The lowest BCUT2D eigenvalue weighted by Gasteiger charge is -2.22. The predicted molar refractivity (Wildman–Crippen MR) is 57.3 cm³/mol. The molecule has 0 fully saturated rings. The monoisotopic (exact) mass is 303 g/mol. The summed E-state index contributed by atoms with van der Waals surface area (Å²) >= 11 is 0. The maximum absolute atomic E-state index is 12.6. The standard InChI is InChI=1S/C11H11F6NO2/c12-10(13,14)9(5-6-18)19-7-3-1-2-4-8(7)20-11(15,16)17/h1-4,9H,5-6,18H2. The van der Waals surface area contributed by atoms with Crippen molar-refractivity contribution in [2.24, 2.45) is 5.73 Å². The molecule has 1 atom stereocenters. The molecule has 0 amide bonds. The number of rotatable bonds is 5. The van der Waals surface area contributed by atoms with Crippen molar-refractivity contribution in [3.05, 3.63) is 24.3 Å². The lowest BCUT2D eigenvalue weighted by atomic mass is 10.2. The molecule has 3 nitrogen and oxygen atoms in total. The molecule has 0 aliphatic rings. The van der Waals surface area contributed by atoms with Crippen LogP contribution < -0.4 is 15.2 Å². The van der Waals surface area contributed by atoms with Gasteiger partial charge >= 0.3 is 12.5 Å². The summed E-state index contributed by atoms with van der Waals surface area (Å²) in [5, 5.41) is 0. The fraction of sp³-hybridized carbons (Fsp3) is 0.455. The summed E-state index contributed by atoms with van der Waals surface area (Å²) in [6.07, 6.45) is -12.7. The lowest BCUT2D eigenvalue weighted by Crippen LogP contribution is -2.36. The Hall–Kier alpha value is -1.64. The molecule has 0 bridgehead atoms. The molecule has 0 spiro atoms. The molecule has 0 aliphatic heterocycles. The molecular weight excluding hydrogens is 292 g/mol. The van der Waals surface area contributed by atoms with Crippen LogP contribution in [0, 0.1) is 0 Å². The highest BCUT2D eigenvalue weighted by atomic mass is 19.4. The van der Waals surface area contributed by atoms with Crippen molar-refractivity contribution in [3.8, 4) is 11.5 Å². The van der Waals surface area contributed by atoms with Gasteiger partial charge in [-0.1, -0.05) is 12.1 Å². The fourth-order valence-corrected chi connectivity index (χ4v) is 1.35. The van der Waals surface area contributed by atoms with Crippen LogP contribution in [-0.4, -0.2) is 25.2 Å². The Balaban J connectivity index is 2.95. The highest BCUT2D eigenvalue weighted by Gasteiger charge is 2.42. The first kappa shape index (κ1) is 16.4. The van der Waals surface area contributed by atoms with E-state index in [4.69, 9.17) is 5.73 Å². The Morgan fingerprint density at radius 3 is 2.00 bits per heavy atom. The fourth-order valence-electron chi connectivity index (χ4n) is 1.35. The van der Waals surface area contributed by atoms with E-state index in [1.807, 2.05) is 0 Å². The van der Waals surface area contributed by atoms with E-state index in [9.17, 15) is 26.3 Å². The van der Waals surface area contributed by atoms with E-state index >= 15 is 0 Å². The third kappa shape index (κ3) is 5.16. The van der Waals surface area contributed by atoms with Crippen LogP contribution >= 0.6 is 0 Å². The van der Waals surface area contributed by atoms with Gasteiger partial charge in [0.15, 0.2) is 17.6 Å². The molecule has 2 N–H and O–H groups in total. The van der Waals surface area contributed by atoms with Crippen LogP contribution in [0.2, 0.25) is 0 Å². The van der Waals surface area contributed by atoms with Crippen molar-refractivity contribution in [2.75, 3.05) is 6.54 Å². The lowest BCUT2D eigenvalue weighted by molar-refractivity contribution is -0.275. The van der Waals surface area contributed by atoms with Gasteiger partial charge in [0, 0.05) is 6.42 Å². The Kier molecular flexibility index (Phi) is 5.09. The average Bonchev–Trinajstić information content (AvgIpc) is 2.27. The van der Waals surface area contributed by atoms with Gasteiger partial charge in [0.05, 0.1) is 0 Å². The second-order valence-corrected chi connectivity index (χ2v) is 3.72. The Morgan fingerprint density at radius 2 is 1.55 bits per heavy atom. The van der Waals surface area contributed by atoms with E-state index in [1.54, 1.807) is 0 Å². The molecule has 0 aliphatic carbocycles. The van der Waals surface area contributed by atoms with Crippen LogP contribution in [0.1, 0.15) is 6.42 Å².